The largest absolute Gasteiger partial charge is 0.420 e. The molecule has 0 fully saturated rings. The molecule has 0 aliphatic heterocycles. The van der Waals surface area contributed by atoms with Gasteiger partial charge in [-0.15, -0.1) is 15.3 Å². The van der Waals surface area contributed by atoms with E-state index < -0.39 is 0 Å². The molecule has 2 heterocycles. The predicted molar refractivity (Wildman–Crippen MR) is 72.8 cm³/mol. The molecule has 0 aliphatic carbocycles. The van der Waals surface area contributed by atoms with Crippen LogP contribution in [0.3, 0.4) is 0 Å². The van der Waals surface area contributed by atoms with Crippen molar-refractivity contribution in [2.24, 2.45) is 7.05 Å². The summed E-state index contributed by atoms with van der Waals surface area (Å²) in [6, 6.07) is 7.95. The average Bonchev–Trinajstić information content (AvgIpc) is 3.05. The van der Waals surface area contributed by atoms with E-state index in [1.54, 1.807) is 11.7 Å². The van der Waals surface area contributed by atoms with Gasteiger partial charge in [-0.1, -0.05) is 29.5 Å². The molecule has 1 aromatic carbocycles. The van der Waals surface area contributed by atoms with Crippen molar-refractivity contribution in [2.45, 2.75) is 17.8 Å². The first kappa shape index (κ1) is 12.8. The third-order valence-electron chi connectivity index (χ3n) is 2.64. The smallest absolute Gasteiger partial charge is 0.247 e. The summed E-state index contributed by atoms with van der Waals surface area (Å²) in [7, 11) is 1.79. The molecule has 7 nitrogen and oxygen atoms in total. The Morgan fingerprint density at radius 3 is 2.90 bits per heavy atom. The Labute approximate surface area is 119 Å². The van der Waals surface area contributed by atoms with Crippen molar-refractivity contribution in [2.75, 3.05) is 0 Å². The van der Waals surface area contributed by atoms with Gasteiger partial charge >= 0.3 is 0 Å². The van der Waals surface area contributed by atoms with Crippen LogP contribution in [0.1, 0.15) is 11.5 Å². The lowest BCUT2D eigenvalue weighted by Crippen LogP contribution is -1.93. The van der Waals surface area contributed by atoms with Gasteiger partial charge in [0.25, 0.3) is 0 Å². The maximum atomic E-state index is 5.64. The Kier molecular flexibility index (Phi) is 3.46. The van der Waals surface area contributed by atoms with E-state index in [1.807, 2.05) is 31.2 Å². The molecule has 0 saturated heterocycles. The monoisotopic (exact) mass is 288 g/mol. The molecule has 2 aromatic heterocycles. The van der Waals surface area contributed by atoms with Gasteiger partial charge < -0.3 is 4.42 Å². The molecule has 0 saturated carbocycles. The van der Waals surface area contributed by atoms with Crippen LogP contribution < -0.4 is 0 Å². The van der Waals surface area contributed by atoms with E-state index in [1.165, 1.54) is 11.8 Å². The Balaban J connectivity index is 1.72. The Bertz CT molecular complexity index is 722. The van der Waals surface area contributed by atoms with Gasteiger partial charge in [-0.25, -0.2) is 4.68 Å². The molecule has 0 spiro atoms. The molecule has 0 N–H and O–H groups in total. The SMILES string of the molecule is Cc1cccc(-c2nnc(CSc3nnnn3C)o2)c1. The maximum absolute atomic E-state index is 5.64. The van der Waals surface area contributed by atoms with Crippen molar-refractivity contribution in [1.82, 2.24) is 30.4 Å². The highest BCUT2D eigenvalue weighted by Crippen LogP contribution is 2.22. The zero-order valence-electron chi connectivity index (χ0n) is 11.0. The summed E-state index contributed by atoms with van der Waals surface area (Å²) in [6.45, 7) is 2.03. The number of hydrogen-bond donors (Lipinski definition) is 0. The summed E-state index contributed by atoms with van der Waals surface area (Å²) in [5, 5.41) is 20.0. The standard InChI is InChI=1S/C12H12N6OS/c1-8-4-3-5-9(6-8)11-14-13-10(19-11)7-20-12-15-16-17-18(12)2/h3-6H,7H2,1-2H3. The summed E-state index contributed by atoms with van der Waals surface area (Å²) in [5.74, 6) is 1.61. The molecular weight excluding hydrogens is 276 g/mol. The van der Waals surface area contributed by atoms with Gasteiger partial charge in [0.1, 0.15) is 0 Å². The van der Waals surface area contributed by atoms with Crippen LogP contribution in [-0.2, 0) is 12.8 Å². The van der Waals surface area contributed by atoms with Crippen molar-refractivity contribution in [1.29, 1.82) is 0 Å². The summed E-state index contributed by atoms with van der Waals surface area (Å²) in [6.07, 6.45) is 0. The second-order valence-electron chi connectivity index (χ2n) is 4.24. The minimum Gasteiger partial charge on any atom is -0.420 e. The summed E-state index contributed by atoms with van der Waals surface area (Å²) in [4.78, 5) is 0. The third kappa shape index (κ3) is 2.69. The van der Waals surface area contributed by atoms with Crippen molar-refractivity contribution in [3.8, 4) is 11.5 Å². The van der Waals surface area contributed by atoms with E-state index in [0.717, 1.165) is 11.1 Å². The van der Waals surface area contributed by atoms with Gasteiger partial charge in [-0.3, -0.25) is 0 Å². The maximum Gasteiger partial charge on any atom is 0.247 e. The number of hydrogen-bond acceptors (Lipinski definition) is 7. The van der Waals surface area contributed by atoms with Crippen LogP contribution in [0.2, 0.25) is 0 Å². The molecule has 0 bridgehead atoms. The minimum atomic E-state index is 0.528. The molecule has 0 amide bonds. The Morgan fingerprint density at radius 1 is 1.25 bits per heavy atom. The second-order valence-corrected chi connectivity index (χ2v) is 5.19. The van der Waals surface area contributed by atoms with Crippen molar-refractivity contribution < 1.29 is 4.42 Å². The predicted octanol–water partition coefficient (Wildman–Crippen LogP) is 1.86. The van der Waals surface area contributed by atoms with Gasteiger partial charge in [-0.05, 0) is 29.5 Å². The van der Waals surface area contributed by atoms with E-state index in [-0.39, 0.29) is 0 Å². The minimum absolute atomic E-state index is 0.528. The molecule has 3 aromatic rings. The quantitative estimate of drug-likeness (QED) is 0.677. The van der Waals surface area contributed by atoms with Crippen LogP contribution in [0, 0.1) is 6.92 Å². The molecule has 3 rings (SSSR count). The van der Waals surface area contributed by atoms with Crippen LogP contribution >= 0.6 is 11.8 Å². The van der Waals surface area contributed by atoms with Crippen LogP contribution in [0.25, 0.3) is 11.5 Å². The molecule has 0 aliphatic rings. The van der Waals surface area contributed by atoms with Crippen molar-refractivity contribution >= 4 is 11.8 Å². The number of aryl methyl sites for hydroxylation is 2. The lowest BCUT2D eigenvalue weighted by atomic mass is 10.1. The number of nitrogens with zero attached hydrogens (tertiary/aromatic N) is 6. The number of rotatable bonds is 4. The van der Waals surface area contributed by atoms with E-state index >= 15 is 0 Å². The molecule has 0 radical (unpaired) electrons. The number of thioether (sulfide) groups is 1. The summed E-state index contributed by atoms with van der Waals surface area (Å²) >= 11 is 1.45. The number of benzene rings is 1. The molecular formula is C12H12N6OS. The average molecular weight is 288 g/mol. The summed E-state index contributed by atoms with van der Waals surface area (Å²) in [5.41, 5.74) is 2.08. The Morgan fingerprint density at radius 2 is 2.15 bits per heavy atom. The molecule has 8 heteroatoms. The van der Waals surface area contributed by atoms with E-state index in [9.17, 15) is 0 Å². The van der Waals surface area contributed by atoms with Crippen LogP contribution in [-0.4, -0.2) is 30.4 Å². The van der Waals surface area contributed by atoms with Gasteiger partial charge in [0.15, 0.2) is 0 Å². The fourth-order valence-corrected chi connectivity index (χ4v) is 2.36. The highest BCUT2D eigenvalue weighted by atomic mass is 32.2. The van der Waals surface area contributed by atoms with Gasteiger partial charge in [0.05, 0.1) is 5.75 Å². The zero-order valence-corrected chi connectivity index (χ0v) is 11.8. The highest BCUT2D eigenvalue weighted by Gasteiger charge is 2.11. The zero-order chi connectivity index (χ0) is 13.9. The number of tetrazole rings is 1. The van der Waals surface area contributed by atoms with Crippen LogP contribution in [0.4, 0.5) is 0 Å². The lowest BCUT2D eigenvalue weighted by Gasteiger charge is -1.96. The van der Waals surface area contributed by atoms with Gasteiger partial charge in [0, 0.05) is 12.6 Å². The first-order valence-electron chi connectivity index (χ1n) is 5.97. The normalized spacial score (nSPS) is 10.9. The fourth-order valence-electron chi connectivity index (χ4n) is 1.68. The first-order valence-corrected chi connectivity index (χ1v) is 6.95. The van der Waals surface area contributed by atoms with E-state index in [0.29, 0.717) is 22.7 Å². The molecule has 102 valence electrons. The van der Waals surface area contributed by atoms with E-state index in [2.05, 4.69) is 25.7 Å². The van der Waals surface area contributed by atoms with E-state index in [4.69, 9.17) is 4.42 Å². The number of aromatic nitrogens is 6. The fraction of sp³-hybridized carbons (Fsp3) is 0.250. The van der Waals surface area contributed by atoms with Crippen molar-refractivity contribution in [3.05, 3.63) is 35.7 Å². The Hall–Kier alpha value is -2.22. The molecule has 0 atom stereocenters. The summed E-state index contributed by atoms with van der Waals surface area (Å²) < 4.78 is 7.24. The van der Waals surface area contributed by atoms with Gasteiger partial charge in [0.2, 0.25) is 16.9 Å². The molecule has 20 heavy (non-hydrogen) atoms. The van der Waals surface area contributed by atoms with Crippen LogP contribution in [0.15, 0.2) is 33.8 Å². The second kappa shape index (κ2) is 5.41. The first-order chi connectivity index (χ1) is 9.72. The third-order valence-corrected chi connectivity index (χ3v) is 3.63. The van der Waals surface area contributed by atoms with Crippen LogP contribution in [0.5, 0.6) is 0 Å². The molecule has 0 unspecified atom stereocenters. The van der Waals surface area contributed by atoms with Crippen molar-refractivity contribution in [3.63, 3.8) is 0 Å². The topological polar surface area (TPSA) is 82.5 Å². The highest BCUT2D eigenvalue weighted by molar-refractivity contribution is 7.98. The lowest BCUT2D eigenvalue weighted by molar-refractivity contribution is 0.528. The van der Waals surface area contributed by atoms with Gasteiger partial charge in [-0.2, -0.15) is 0 Å².